The Hall–Kier alpha value is 0.194. The highest BCUT2D eigenvalue weighted by Gasteiger charge is 2.41. The van der Waals surface area contributed by atoms with Gasteiger partial charge in [-0.15, -0.1) is 0 Å². The zero-order valence-corrected chi connectivity index (χ0v) is 21.7. The molecule has 0 amide bonds. The summed E-state index contributed by atoms with van der Waals surface area (Å²) in [6.45, 7) is 21.5. The number of hydrogen-bond donors (Lipinski definition) is 1. The average molecular weight is 434 g/mol. The number of nitrogens with zero attached hydrogens (tertiary/aromatic N) is 2. The van der Waals surface area contributed by atoms with E-state index in [4.69, 9.17) is 13.3 Å². The maximum Gasteiger partial charge on any atom is 0.501 e. The van der Waals surface area contributed by atoms with E-state index in [2.05, 4.69) is 62.2 Å². The first kappa shape index (κ1) is 26.2. The molecule has 0 aromatic heterocycles. The van der Waals surface area contributed by atoms with Crippen LogP contribution in [0.4, 0.5) is 0 Å². The summed E-state index contributed by atoms with van der Waals surface area (Å²) in [5.74, 6) is 0. The second-order valence-electron chi connectivity index (χ2n) is 8.91. The average Bonchev–Trinajstić information content (AvgIpc) is 2.64. The van der Waals surface area contributed by atoms with Gasteiger partial charge in [-0.25, -0.2) is 0 Å². The summed E-state index contributed by atoms with van der Waals surface area (Å²) in [6.07, 6.45) is 3.48. The summed E-state index contributed by atoms with van der Waals surface area (Å²) in [5, 5.41) is 3.41. The molecule has 0 aromatic rings. The molecule has 0 radical (unpaired) electrons. The normalized spacial score (nSPS) is 18.0. The molecule has 6 nitrogen and oxygen atoms in total. The molecule has 1 saturated heterocycles. The van der Waals surface area contributed by atoms with E-state index in [9.17, 15) is 0 Å². The highest BCUT2D eigenvalue weighted by molar-refractivity contribution is 6.73. The molecule has 0 aliphatic carbocycles. The molecule has 8 heteroatoms. The lowest BCUT2D eigenvalue weighted by molar-refractivity contribution is 0.0310. The van der Waals surface area contributed by atoms with E-state index >= 15 is 0 Å². The zero-order chi connectivity index (χ0) is 21.0. The van der Waals surface area contributed by atoms with Gasteiger partial charge in [-0.05, 0) is 53.6 Å². The summed E-state index contributed by atoms with van der Waals surface area (Å²) in [5.41, 5.74) is 0. The van der Waals surface area contributed by atoms with Crippen molar-refractivity contribution in [1.29, 1.82) is 0 Å². The molecule has 1 N–H and O–H groups in total. The van der Waals surface area contributed by atoms with Crippen molar-refractivity contribution >= 4 is 17.0 Å². The first-order valence-electron chi connectivity index (χ1n) is 11.3. The third-order valence-electron chi connectivity index (χ3n) is 5.54. The van der Waals surface area contributed by atoms with Gasteiger partial charge in [0.25, 0.3) is 0 Å². The molecule has 28 heavy (non-hydrogen) atoms. The molecular weight excluding hydrogens is 386 g/mol. The molecule has 1 aliphatic heterocycles. The van der Waals surface area contributed by atoms with Crippen LogP contribution in [0, 0.1) is 0 Å². The van der Waals surface area contributed by atoms with Gasteiger partial charge in [-0.2, -0.15) is 0 Å². The Bertz CT molecular complexity index is 399. The highest BCUT2D eigenvalue weighted by atomic mass is 28.4. The Balaban J connectivity index is 2.51. The lowest BCUT2D eigenvalue weighted by Gasteiger charge is -2.34. The first-order valence-corrected chi connectivity index (χ1v) is 16.7. The van der Waals surface area contributed by atoms with Gasteiger partial charge >= 0.3 is 8.80 Å². The first-order chi connectivity index (χ1) is 13.2. The van der Waals surface area contributed by atoms with E-state index in [0.717, 1.165) is 58.2 Å². The largest absolute Gasteiger partial charge is 0.501 e. The van der Waals surface area contributed by atoms with Crippen molar-refractivity contribution < 1.29 is 13.3 Å². The van der Waals surface area contributed by atoms with Crippen molar-refractivity contribution in [2.24, 2.45) is 0 Å². The Morgan fingerprint density at radius 3 is 2.18 bits per heavy atom. The lowest BCUT2D eigenvalue weighted by Crippen LogP contribution is -2.49. The van der Waals surface area contributed by atoms with Crippen LogP contribution in [0.1, 0.15) is 40.0 Å². The van der Waals surface area contributed by atoms with E-state index in [1.807, 2.05) is 0 Å². The SMILES string of the molecule is CCO[Si](CCCCN(C)[Si](C)(C)C)(OCC)OC(C)CCN1CCNCC1. The van der Waals surface area contributed by atoms with Gasteiger partial charge in [0.15, 0.2) is 0 Å². The number of piperazine rings is 1. The lowest BCUT2D eigenvalue weighted by atomic mass is 10.2. The number of nitrogens with one attached hydrogen (secondary N) is 1. The van der Waals surface area contributed by atoms with E-state index in [-0.39, 0.29) is 6.10 Å². The van der Waals surface area contributed by atoms with Crippen molar-refractivity contribution in [2.45, 2.75) is 71.8 Å². The van der Waals surface area contributed by atoms with Crippen molar-refractivity contribution in [3.63, 3.8) is 0 Å². The second-order valence-corrected chi connectivity index (χ2v) is 16.7. The Kier molecular flexibility index (Phi) is 12.6. The monoisotopic (exact) mass is 433 g/mol. The predicted octanol–water partition coefficient (Wildman–Crippen LogP) is 3.25. The van der Waals surface area contributed by atoms with Crippen LogP contribution in [0.5, 0.6) is 0 Å². The minimum absolute atomic E-state index is 0.171. The molecular formula is C20H47N3O3Si2. The molecule has 0 spiro atoms. The Morgan fingerprint density at radius 2 is 1.64 bits per heavy atom. The van der Waals surface area contributed by atoms with Crippen molar-refractivity contribution in [3.8, 4) is 0 Å². The Labute approximate surface area is 176 Å². The molecule has 168 valence electrons. The number of unbranched alkanes of at least 4 members (excludes halogenated alkanes) is 1. The van der Waals surface area contributed by atoms with Gasteiger partial charge in [-0.1, -0.05) is 19.6 Å². The highest BCUT2D eigenvalue weighted by Crippen LogP contribution is 2.23. The van der Waals surface area contributed by atoms with Crippen LogP contribution >= 0.6 is 0 Å². The van der Waals surface area contributed by atoms with Crippen LogP contribution in [0.15, 0.2) is 0 Å². The third kappa shape index (κ3) is 10.3. The standard InChI is InChI=1S/C20H47N3O3Si2/c1-8-24-28(25-9-2,19-11-10-15-22(4)27(5,6)7)26-20(3)12-16-23-17-13-21-14-18-23/h20-21H,8-19H2,1-7H3. The molecule has 1 heterocycles. The molecule has 1 atom stereocenters. The van der Waals surface area contributed by atoms with E-state index in [1.165, 1.54) is 6.42 Å². The zero-order valence-electron chi connectivity index (χ0n) is 19.7. The molecule has 1 fully saturated rings. The number of rotatable bonds is 15. The molecule has 1 rings (SSSR count). The summed E-state index contributed by atoms with van der Waals surface area (Å²) in [4.78, 5) is 2.52. The van der Waals surface area contributed by atoms with Gasteiger partial charge in [0.05, 0.1) is 0 Å². The van der Waals surface area contributed by atoms with Gasteiger partial charge < -0.3 is 28.1 Å². The fraction of sp³-hybridized carbons (Fsp3) is 1.00. The van der Waals surface area contributed by atoms with Crippen LogP contribution in [0.2, 0.25) is 25.7 Å². The van der Waals surface area contributed by atoms with Crippen LogP contribution in [0.25, 0.3) is 0 Å². The van der Waals surface area contributed by atoms with Crippen molar-refractivity contribution in [2.75, 3.05) is 59.5 Å². The second kappa shape index (κ2) is 13.5. The van der Waals surface area contributed by atoms with Crippen molar-refractivity contribution in [1.82, 2.24) is 14.8 Å². The summed E-state index contributed by atoms with van der Waals surface area (Å²) < 4.78 is 21.4. The van der Waals surface area contributed by atoms with Gasteiger partial charge in [-0.3, -0.25) is 0 Å². The van der Waals surface area contributed by atoms with Gasteiger partial charge in [0.2, 0.25) is 0 Å². The van der Waals surface area contributed by atoms with Crippen LogP contribution in [0.3, 0.4) is 0 Å². The maximum absolute atomic E-state index is 6.53. The van der Waals surface area contributed by atoms with Crippen LogP contribution in [-0.2, 0) is 13.3 Å². The fourth-order valence-corrected chi connectivity index (χ4v) is 7.19. The van der Waals surface area contributed by atoms with Crippen LogP contribution in [-0.4, -0.2) is 92.1 Å². The summed E-state index contributed by atoms with van der Waals surface area (Å²) in [6, 6.07) is 0.923. The molecule has 1 unspecified atom stereocenters. The summed E-state index contributed by atoms with van der Waals surface area (Å²) >= 11 is 0. The van der Waals surface area contributed by atoms with Crippen LogP contribution < -0.4 is 5.32 Å². The Morgan fingerprint density at radius 1 is 1.04 bits per heavy atom. The minimum atomic E-state index is -2.60. The summed E-state index contributed by atoms with van der Waals surface area (Å²) in [7, 11) is -1.54. The van der Waals surface area contributed by atoms with Crippen molar-refractivity contribution in [3.05, 3.63) is 0 Å². The number of hydrogen-bond acceptors (Lipinski definition) is 6. The van der Waals surface area contributed by atoms with Gasteiger partial charge in [0, 0.05) is 58.1 Å². The van der Waals surface area contributed by atoms with E-state index < -0.39 is 17.0 Å². The van der Waals surface area contributed by atoms with Gasteiger partial charge in [0.1, 0.15) is 8.24 Å². The van der Waals surface area contributed by atoms with E-state index in [1.54, 1.807) is 0 Å². The molecule has 0 bridgehead atoms. The maximum atomic E-state index is 6.53. The minimum Gasteiger partial charge on any atom is -0.374 e. The molecule has 0 aromatic carbocycles. The predicted molar refractivity (Wildman–Crippen MR) is 123 cm³/mol. The molecule has 1 aliphatic rings. The van der Waals surface area contributed by atoms with E-state index in [0.29, 0.717) is 13.2 Å². The fourth-order valence-electron chi connectivity index (χ4n) is 3.44. The quantitative estimate of drug-likeness (QED) is 0.316. The smallest absolute Gasteiger partial charge is 0.374 e. The third-order valence-corrected chi connectivity index (χ3v) is 11.2. The molecule has 0 saturated carbocycles. The topological polar surface area (TPSA) is 46.2 Å².